The van der Waals surface area contributed by atoms with E-state index in [0.717, 1.165) is 18.6 Å². The lowest BCUT2D eigenvalue weighted by Crippen LogP contribution is -2.62. The summed E-state index contributed by atoms with van der Waals surface area (Å²) in [7, 11) is 0. The highest BCUT2D eigenvalue weighted by molar-refractivity contribution is 4.98. The molecule has 2 aliphatic heterocycles. The Hall–Kier alpha value is -0.120. The van der Waals surface area contributed by atoms with Gasteiger partial charge in [0.25, 0.3) is 0 Å². The standard InChI is InChI=1S/C15H28N2O/c1-15(2)11-17(8-7-13-4-3-9-18-13)14(10-16-15)12-5-6-12/h12-14,16H,3-11H2,1-2H3. The highest BCUT2D eigenvalue weighted by Crippen LogP contribution is 2.37. The Balaban J connectivity index is 1.54. The lowest BCUT2D eigenvalue weighted by Gasteiger charge is -2.45. The minimum Gasteiger partial charge on any atom is -0.378 e. The van der Waals surface area contributed by atoms with Crippen LogP contribution in [-0.2, 0) is 4.74 Å². The second kappa shape index (κ2) is 5.10. The summed E-state index contributed by atoms with van der Waals surface area (Å²) in [6.45, 7) is 9.26. The van der Waals surface area contributed by atoms with Crippen LogP contribution < -0.4 is 5.32 Å². The van der Waals surface area contributed by atoms with Crippen LogP contribution in [0.15, 0.2) is 0 Å². The summed E-state index contributed by atoms with van der Waals surface area (Å²) >= 11 is 0. The molecule has 0 aromatic rings. The summed E-state index contributed by atoms with van der Waals surface area (Å²) in [5.74, 6) is 0.970. The fraction of sp³-hybridized carbons (Fsp3) is 1.00. The number of nitrogens with one attached hydrogen (secondary N) is 1. The monoisotopic (exact) mass is 252 g/mol. The van der Waals surface area contributed by atoms with Crippen molar-refractivity contribution in [1.29, 1.82) is 0 Å². The molecule has 0 bridgehead atoms. The molecule has 1 aliphatic carbocycles. The molecule has 0 amide bonds. The number of hydrogen-bond donors (Lipinski definition) is 1. The second-order valence-electron chi connectivity index (χ2n) is 7.06. The molecule has 2 atom stereocenters. The Bertz CT molecular complexity index is 282. The summed E-state index contributed by atoms with van der Waals surface area (Å²) in [6.07, 6.45) is 7.22. The predicted octanol–water partition coefficient (Wildman–Crippen LogP) is 2.02. The second-order valence-corrected chi connectivity index (χ2v) is 7.06. The van der Waals surface area contributed by atoms with Crippen LogP contribution >= 0.6 is 0 Å². The first-order valence-corrected chi connectivity index (χ1v) is 7.75. The van der Waals surface area contributed by atoms with Crippen molar-refractivity contribution in [2.24, 2.45) is 5.92 Å². The van der Waals surface area contributed by atoms with Crippen LogP contribution in [0.4, 0.5) is 0 Å². The topological polar surface area (TPSA) is 24.5 Å². The third kappa shape index (κ3) is 3.06. The van der Waals surface area contributed by atoms with Gasteiger partial charge in [-0.15, -0.1) is 0 Å². The van der Waals surface area contributed by atoms with E-state index in [4.69, 9.17) is 4.74 Å². The maximum atomic E-state index is 5.77. The van der Waals surface area contributed by atoms with Gasteiger partial charge in [-0.05, 0) is 51.9 Å². The first kappa shape index (κ1) is 12.9. The Labute approximate surface area is 111 Å². The van der Waals surface area contributed by atoms with E-state index in [0.29, 0.717) is 6.10 Å². The van der Waals surface area contributed by atoms with Crippen LogP contribution in [0.25, 0.3) is 0 Å². The van der Waals surface area contributed by atoms with Crippen LogP contribution in [0, 0.1) is 5.92 Å². The molecular weight excluding hydrogens is 224 g/mol. The summed E-state index contributed by atoms with van der Waals surface area (Å²) < 4.78 is 5.77. The van der Waals surface area contributed by atoms with E-state index in [-0.39, 0.29) is 5.54 Å². The van der Waals surface area contributed by atoms with Crippen LogP contribution in [-0.4, -0.2) is 48.8 Å². The van der Waals surface area contributed by atoms with Crippen molar-refractivity contribution < 1.29 is 4.74 Å². The van der Waals surface area contributed by atoms with E-state index < -0.39 is 0 Å². The first-order valence-electron chi connectivity index (χ1n) is 7.75. The average molecular weight is 252 g/mol. The summed E-state index contributed by atoms with van der Waals surface area (Å²) in [6, 6.07) is 0.791. The quantitative estimate of drug-likeness (QED) is 0.828. The summed E-state index contributed by atoms with van der Waals surface area (Å²) in [5.41, 5.74) is 0.280. The van der Waals surface area contributed by atoms with Crippen LogP contribution in [0.1, 0.15) is 46.0 Å². The van der Waals surface area contributed by atoms with E-state index >= 15 is 0 Å². The zero-order chi connectivity index (χ0) is 12.6. The third-order valence-corrected chi connectivity index (χ3v) is 4.79. The van der Waals surface area contributed by atoms with Crippen LogP contribution in [0.2, 0.25) is 0 Å². The maximum Gasteiger partial charge on any atom is 0.0588 e. The van der Waals surface area contributed by atoms with Crippen molar-refractivity contribution >= 4 is 0 Å². The normalized spacial score (nSPS) is 37.0. The Kier molecular flexibility index (Phi) is 3.65. The van der Waals surface area contributed by atoms with E-state index in [2.05, 4.69) is 24.1 Å². The van der Waals surface area contributed by atoms with Crippen molar-refractivity contribution in [2.75, 3.05) is 26.2 Å². The van der Waals surface area contributed by atoms with Gasteiger partial charge in [0.2, 0.25) is 0 Å². The van der Waals surface area contributed by atoms with Crippen molar-refractivity contribution in [3.05, 3.63) is 0 Å². The van der Waals surface area contributed by atoms with Gasteiger partial charge in [-0.25, -0.2) is 0 Å². The van der Waals surface area contributed by atoms with Gasteiger partial charge < -0.3 is 10.1 Å². The van der Waals surface area contributed by atoms with Crippen molar-refractivity contribution in [3.8, 4) is 0 Å². The first-order chi connectivity index (χ1) is 8.64. The zero-order valence-electron chi connectivity index (χ0n) is 12.0. The Morgan fingerprint density at radius 3 is 2.78 bits per heavy atom. The molecule has 18 heavy (non-hydrogen) atoms. The van der Waals surface area contributed by atoms with Gasteiger partial charge in [-0.2, -0.15) is 0 Å². The predicted molar refractivity (Wildman–Crippen MR) is 73.8 cm³/mol. The van der Waals surface area contributed by atoms with Crippen molar-refractivity contribution in [1.82, 2.24) is 10.2 Å². The molecule has 0 aromatic carbocycles. The maximum absolute atomic E-state index is 5.77. The van der Waals surface area contributed by atoms with E-state index in [9.17, 15) is 0 Å². The summed E-state index contributed by atoms with van der Waals surface area (Å²) in [4.78, 5) is 2.75. The van der Waals surface area contributed by atoms with Gasteiger partial charge in [-0.3, -0.25) is 4.90 Å². The van der Waals surface area contributed by atoms with Crippen LogP contribution in [0.3, 0.4) is 0 Å². The lowest BCUT2D eigenvalue weighted by atomic mass is 9.96. The van der Waals surface area contributed by atoms with Crippen molar-refractivity contribution in [2.45, 2.75) is 63.6 Å². The smallest absolute Gasteiger partial charge is 0.0588 e. The van der Waals surface area contributed by atoms with Gasteiger partial charge in [-0.1, -0.05) is 0 Å². The fourth-order valence-electron chi connectivity index (χ4n) is 3.56. The molecule has 104 valence electrons. The molecular formula is C15H28N2O. The number of rotatable bonds is 4. The molecule has 3 nitrogen and oxygen atoms in total. The van der Waals surface area contributed by atoms with E-state index in [1.807, 2.05) is 0 Å². The minimum atomic E-state index is 0.280. The molecule has 0 aromatic heterocycles. The molecule has 0 spiro atoms. The molecule has 3 fully saturated rings. The molecule has 2 heterocycles. The number of nitrogens with zero attached hydrogens (tertiary/aromatic N) is 1. The molecule has 2 unspecified atom stereocenters. The number of ether oxygens (including phenoxy) is 1. The number of hydrogen-bond acceptors (Lipinski definition) is 3. The van der Waals surface area contributed by atoms with E-state index in [1.54, 1.807) is 0 Å². The van der Waals surface area contributed by atoms with Gasteiger partial charge in [0, 0.05) is 37.8 Å². The molecule has 1 N–H and O–H groups in total. The highest BCUT2D eigenvalue weighted by atomic mass is 16.5. The van der Waals surface area contributed by atoms with Crippen molar-refractivity contribution in [3.63, 3.8) is 0 Å². The fourth-order valence-corrected chi connectivity index (χ4v) is 3.56. The highest BCUT2D eigenvalue weighted by Gasteiger charge is 2.40. The largest absolute Gasteiger partial charge is 0.378 e. The molecule has 3 aliphatic rings. The van der Waals surface area contributed by atoms with Gasteiger partial charge in [0.05, 0.1) is 6.10 Å². The molecule has 0 radical (unpaired) electrons. The third-order valence-electron chi connectivity index (χ3n) is 4.79. The van der Waals surface area contributed by atoms with Gasteiger partial charge in [0.15, 0.2) is 0 Å². The zero-order valence-corrected chi connectivity index (χ0v) is 12.0. The molecule has 1 saturated carbocycles. The Morgan fingerprint density at radius 1 is 1.28 bits per heavy atom. The molecule has 2 saturated heterocycles. The average Bonchev–Trinajstić information content (AvgIpc) is 3.02. The SMILES string of the molecule is CC1(C)CN(CCC2CCCO2)C(C2CC2)CN1. The number of piperazine rings is 1. The van der Waals surface area contributed by atoms with E-state index in [1.165, 1.54) is 51.7 Å². The minimum absolute atomic E-state index is 0.280. The molecule has 3 heteroatoms. The Morgan fingerprint density at radius 2 is 2.11 bits per heavy atom. The van der Waals surface area contributed by atoms with Crippen LogP contribution in [0.5, 0.6) is 0 Å². The van der Waals surface area contributed by atoms with Gasteiger partial charge >= 0.3 is 0 Å². The lowest BCUT2D eigenvalue weighted by molar-refractivity contribution is 0.0510. The van der Waals surface area contributed by atoms with Gasteiger partial charge in [0.1, 0.15) is 0 Å². The summed E-state index contributed by atoms with van der Waals surface area (Å²) in [5, 5.41) is 3.71. The molecule has 3 rings (SSSR count).